The normalized spacial score (nSPS) is 10.7. The second kappa shape index (κ2) is 5.92. The molecule has 1 amide bonds. The molecule has 0 saturated heterocycles. The summed E-state index contributed by atoms with van der Waals surface area (Å²) in [6, 6.07) is 4.16. The topological polar surface area (TPSA) is 29.1 Å². The molecule has 0 fully saturated rings. The minimum Gasteiger partial charge on any atom is -0.322 e. The maximum Gasteiger partial charge on any atom is 0.261 e. The summed E-state index contributed by atoms with van der Waals surface area (Å²) in [5, 5.41) is 2.28. The molecule has 0 aliphatic carbocycles. The van der Waals surface area contributed by atoms with E-state index in [9.17, 15) is 26.7 Å². The Morgan fingerprint density at radius 2 is 1.45 bits per heavy atom. The van der Waals surface area contributed by atoms with E-state index in [1.54, 1.807) is 6.92 Å². The summed E-state index contributed by atoms with van der Waals surface area (Å²) in [7, 11) is 0. The van der Waals surface area contributed by atoms with Crippen LogP contribution in [-0.2, 0) is 0 Å². The van der Waals surface area contributed by atoms with E-state index in [0.717, 1.165) is 0 Å². The Kier molecular flexibility index (Phi) is 4.37. The molecule has 0 atom stereocenters. The number of carbonyl (C=O) groups excluding carboxylic acids is 1. The van der Waals surface area contributed by atoms with Gasteiger partial charge in [-0.25, -0.2) is 22.0 Å². The van der Waals surface area contributed by atoms with Crippen molar-refractivity contribution in [1.29, 1.82) is 0 Å². The number of carbonyl (C=O) groups is 1. The minimum atomic E-state index is -2.33. The largest absolute Gasteiger partial charge is 0.322 e. The van der Waals surface area contributed by atoms with Gasteiger partial charge in [0.25, 0.3) is 5.91 Å². The summed E-state index contributed by atoms with van der Waals surface area (Å²) in [6.07, 6.45) is 0. The molecule has 2 nitrogen and oxygen atoms in total. The average Bonchev–Trinajstić information content (AvgIpc) is 2.47. The number of benzene rings is 2. The minimum absolute atomic E-state index is 0.0459. The van der Waals surface area contributed by atoms with Gasteiger partial charge in [0.05, 0.1) is 0 Å². The van der Waals surface area contributed by atoms with Crippen molar-refractivity contribution in [3.8, 4) is 0 Å². The van der Waals surface area contributed by atoms with Gasteiger partial charge in [0.1, 0.15) is 5.56 Å². The lowest BCUT2D eigenvalue weighted by molar-refractivity contribution is 0.101. The third-order valence-electron chi connectivity index (χ3n) is 2.87. The number of hydrogen-bond acceptors (Lipinski definition) is 1. The van der Waals surface area contributed by atoms with Crippen LogP contribution in [0.25, 0.3) is 0 Å². The number of nitrogens with one attached hydrogen (secondary N) is 1. The van der Waals surface area contributed by atoms with Crippen LogP contribution in [0.5, 0.6) is 0 Å². The predicted molar refractivity (Wildman–Crippen MR) is 70.4 cm³/mol. The quantitative estimate of drug-likeness (QED) is 0.485. The van der Waals surface area contributed by atoms with Gasteiger partial charge in [0.15, 0.2) is 23.3 Å². The Morgan fingerprint density at radius 1 is 0.955 bits per heavy atom. The van der Waals surface area contributed by atoms with Crippen LogP contribution in [-0.4, -0.2) is 5.91 Å². The van der Waals surface area contributed by atoms with Gasteiger partial charge in [-0.3, -0.25) is 4.79 Å². The van der Waals surface area contributed by atoms with Crippen LogP contribution >= 0.6 is 11.6 Å². The lowest BCUT2D eigenvalue weighted by Crippen LogP contribution is -2.19. The molecule has 0 unspecified atom stereocenters. The highest BCUT2D eigenvalue weighted by Gasteiger charge is 2.29. The molecule has 0 aromatic heterocycles. The van der Waals surface area contributed by atoms with Crippen molar-refractivity contribution in [2.75, 3.05) is 5.32 Å². The molecule has 0 spiro atoms. The maximum atomic E-state index is 13.5. The lowest BCUT2D eigenvalue weighted by Gasteiger charge is -2.10. The first kappa shape index (κ1) is 16.2. The fourth-order valence-electron chi connectivity index (χ4n) is 1.67. The van der Waals surface area contributed by atoms with E-state index < -0.39 is 40.6 Å². The Bertz CT molecular complexity index is 749. The molecule has 2 aromatic carbocycles. The molecule has 0 heterocycles. The molecule has 0 saturated carbocycles. The van der Waals surface area contributed by atoms with Gasteiger partial charge in [-0.15, -0.1) is 0 Å². The van der Waals surface area contributed by atoms with E-state index >= 15 is 0 Å². The zero-order valence-electron chi connectivity index (χ0n) is 10.9. The maximum absolute atomic E-state index is 13.5. The Hall–Kier alpha value is -2.15. The van der Waals surface area contributed by atoms with Crippen LogP contribution in [0, 0.1) is 36.0 Å². The van der Waals surface area contributed by atoms with Crippen molar-refractivity contribution in [3.63, 3.8) is 0 Å². The second-order valence-electron chi connectivity index (χ2n) is 4.36. The summed E-state index contributed by atoms with van der Waals surface area (Å²) in [4.78, 5) is 11.8. The smallest absolute Gasteiger partial charge is 0.261 e. The lowest BCUT2D eigenvalue weighted by atomic mass is 10.1. The number of aryl methyl sites for hydroxylation is 1. The number of anilines is 1. The Balaban J connectivity index is 2.44. The molecule has 0 aliphatic heterocycles. The van der Waals surface area contributed by atoms with E-state index in [4.69, 9.17) is 11.6 Å². The molecule has 22 heavy (non-hydrogen) atoms. The van der Waals surface area contributed by atoms with E-state index in [1.807, 2.05) is 5.32 Å². The summed E-state index contributed by atoms with van der Waals surface area (Å²) in [5.74, 6) is -12.6. The highest BCUT2D eigenvalue weighted by Crippen LogP contribution is 2.25. The van der Waals surface area contributed by atoms with E-state index in [1.165, 1.54) is 18.2 Å². The van der Waals surface area contributed by atoms with Gasteiger partial charge in [-0.2, -0.15) is 0 Å². The van der Waals surface area contributed by atoms with E-state index in [0.29, 0.717) is 5.56 Å². The molecule has 2 aromatic rings. The predicted octanol–water partition coefficient (Wildman–Crippen LogP) is 4.60. The molecule has 8 heteroatoms. The standard InChI is InChI=1S/C14H7ClF5NO/c1-5-2-3-6(4-7(5)15)21-14(22)8-9(16)11(18)13(20)12(19)10(8)17/h2-4H,1H3,(H,21,22). The SMILES string of the molecule is Cc1ccc(NC(=O)c2c(F)c(F)c(F)c(F)c2F)cc1Cl. The average molecular weight is 336 g/mol. The third kappa shape index (κ3) is 2.76. The highest BCUT2D eigenvalue weighted by atomic mass is 35.5. The zero-order chi connectivity index (χ0) is 16.6. The van der Waals surface area contributed by atoms with Crippen LogP contribution in [0.4, 0.5) is 27.6 Å². The molecule has 116 valence electrons. The monoisotopic (exact) mass is 335 g/mol. The number of rotatable bonds is 2. The summed E-state index contributed by atoms with van der Waals surface area (Å²) < 4.78 is 66.0. The Labute approximate surface area is 126 Å². The molecular formula is C14H7ClF5NO. The Morgan fingerprint density at radius 3 is 1.95 bits per heavy atom. The van der Waals surface area contributed by atoms with Crippen LogP contribution in [0.1, 0.15) is 15.9 Å². The van der Waals surface area contributed by atoms with Gasteiger partial charge in [0, 0.05) is 10.7 Å². The van der Waals surface area contributed by atoms with Gasteiger partial charge in [0.2, 0.25) is 5.82 Å². The van der Waals surface area contributed by atoms with Crippen molar-refractivity contribution >= 4 is 23.2 Å². The molecular weight excluding hydrogens is 329 g/mol. The fraction of sp³-hybridized carbons (Fsp3) is 0.0714. The van der Waals surface area contributed by atoms with Gasteiger partial charge >= 0.3 is 0 Å². The van der Waals surface area contributed by atoms with Crippen molar-refractivity contribution < 1.29 is 26.7 Å². The third-order valence-corrected chi connectivity index (χ3v) is 3.27. The molecule has 2 rings (SSSR count). The highest BCUT2D eigenvalue weighted by molar-refractivity contribution is 6.31. The van der Waals surface area contributed by atoms with Crippen molar-refractivity contribution in [2.45, 2.75) is 6.92 Å². The number of halogens is 6. The van der Waals surface area contributed by atoms with Crippen LogP contribution < -0.4 is 5.32 Å². The number of hydrogen-bond donors (Lipinski definition) is 1. The van der Waals surface area contributed by atoms with Gasteiger partial charge in [-0.1, -0.05) is 17.7 Å². The number of amides is 1. The first-order chi connectivity index (χ1) is 10.2. The summed E-state index contributed by atoms with van der Waals surface area (Å²) >= 11 is 5.81. The van der Waals surface area contributed by atoms with Crippen LogP contribution in [0.15, 0.2) is 18.2 Å². The van der Waals surface area contributed by atoms with Crippen molar-refractivity contribution in [1.82, 2.24) is 0 Å². The zero-order valence-corrected chi connectivity index (χ0v) is 11.7. The summed E-state index contributed by atoms with van der Waals surface area (Å²) in [5.41, 5.74) is -0.839. The molecule has 0 bridgehead atoms. The van der Waals surface area contributed by atoms with Gasteiger partial charge < -0.3 is 5.32 Å². The van der Waals surface area contributed by atoms with Gasteiger partial charge in [-0.05, 0) is 24.6 Å². The van der Waals surface area contributed by atoms with E-state index in [-0.39, 0.29) is 10.7 Å². The van der Waals surface area contributed by atoms with Crippen molar-refractivity contribution in [2.24, 2.45) is 0 Å². The second-order valence-corrected chi connectivity index (χ2v) is 4.77. The van der Waals surface area contributed by atoms with E-state index in [2.05, 4.69) is 0 Å². The van der Waals surface area contributed by atoms with Crippen molar-refractivity contribution in [3.05, 3.63) is 63.4 Å². The molecule has 0 radical (unpaired) electrons. The fourth-order valence-corrected chi connectivity index (χ4v) is 1.85. The summed E-state index contributed by atoms with van der Waals surface area (Å²) in [6.45, 7) is 1.68. The first-order valence-corrected chi connectivity index (χ1v) is 6.20. The van der Waals surface area contributed by atoms with Crippen LogP contribution in [0.2, 0.25) is 5.02 Å². The molecule has 1 N–H and O–H groups in total. The first-order valence-electron chi connectivity index (χ1n) is 5.83. The van der Waals surface area contributed by atoms with Crippen LogP contribution in [0.3, 0.4) is 0 Å². The molecule has 0 aliphatic rings.